The average molecular weight is 363 g/mol. The van der Waals surface area contributed by atoms with Crippen molar-refractivity contribution in [2.24, 2.45) is 5.92 Å². The average Bonchev–Trinajstić information content (AvgIpc) is 3.15. The van der Waals surface area contributed by atoms with Gasteiger partial charge in [0, 0.05) is 11.1 Å². The van der Waals surface area contributed by atoms with Crippen LogP contribution < -0.4 is 5.32 Å². The lowest BCUT2D eigenvalue weighted by molar-refractivity contribution is 0.0910. The standard InChI is InChI=1S/C22H25N3O2/c1-5-16(4)19(23-21(26)17-11-9-14(2)10-12-17)22-24-20(25-27-22)18-8-6-7-15(3)13-18/h6-13,16,19H,5H2,1-4H3,(H,23,26). The Morgan fingerprint density at radius 3 is 2.52 bits per heavy atom. The Hall–Kier alpha value is -2.95. The SMILES string of the molecule is CCC(C)C(NC(=O)c1ccc(C)cc1)c1nc(-c2cccc(C)c2)no1. The van der Waals surface area contributed by atoms with Crippen LogP contribution in [0.2, 0.25) is 0 Å². The molecule has 1 N–H and O–H groups in total. The molecule has 2 unspecified atom stereocenters. The van der Waals surface area contributed by atoms with Gasteiger partial charge in [-0.1, -0.05) is 66.9 Å². The molecule has 2 aromatic carbocycles. The molecule has 0 radical (unpaired) electrons. The highest BCUT2D eigenvalue weighted by Gasteiger charge is 2.27. The predicted octanol–water partition coefficient (Wildman–Crippen LogP) is 4.87. The van der Waals surface area contributed by atoms with E-state index >= 15 is 0 Å². The number of aryl methyl sites for hydroxylation is 2. The maximum Gasteiger partial charge on any atom is 0.251 e. The smallest absolute Gasteiger partial charge is 0.251 e. The molecular formula is C22H25N3O2. The van der Waals surface area contributed by atoms with Crippen molar-refractivity contribution < 1.29 is 9.32 Å². The van der Waals surface area contributed by atoms with E-state index in [1.165, 1.54) is 0 Å². The molecule has 1 aromatic heterocycles. The first-order valence-corrected chi connectivity index (χ1v) is 9.26. The van der Waals surface area contributed by atoms with Crippen molar-refractivity contribution in [1.29, 1.82) is 0 Å². The summed E-state index contributed by atoms with van der Waals surface area (Å²) in [5.41, 5.74) is 3.76. The molecule has 3 rings (SSSR count). The van der Waals surface area contributed by atoms with Crippen LogP contribution in [-0.4, -0.2) is 16.0 Å². The lowest BCUT2D eigenvalue weighted by Gasteiger charge is -2.20. The molecular weight excluding hydrogens is 338 g/mol. The Balaban J connectivity index is 1.85. The van der Waals surface area contributed by atoms with Crippen molar-refractivity contribution in [2.45, 2.75) is 40.2 Å². The summed E-state index contributed by atoms with van der Waals surface area (Å²) >= 11 is 0. The van der Waals surface area contributed by atoms with Gasteiger partial charge in [0.25, 0.3) is 5.91 Å². The van der Waals surface area contributed by atoms with Gasteiger partial charge in [0.05, 0.1) is 0 Å². The molecule has 0 saturated heterocycles. The topological polar surface area (TPSA) is 68.0 Å². The summed E-state index contributed by atoms with van der Waals surface area (Å²) in [7, 11) is 0. The third-order valence-corrected chi connectivity index (χ3v) is 4.80. The van der Waals surface area contributed by atoms with Crippen LogP contribution in [0.5, 0.6) is 0 Å². The monoisotopic (exact) mass is 363 g/mol. The van der Waals surface area contributed by atoms with Crippen molar-refractivity contribution in [3.05, 3.63) is 71.1 Å². The van der Waals surface area contributed by atoms with Gasteiger partial charge in [0.2, 0.25) is 11.7 Å². The van der Waals surface area contributed by atoms with Gasteiger partial charge in [-0.2, -0.15) is 4.98 Å². The van der Waals surface area contributed by atoms with Crippen LogP contribution >= 0.6 is 0 Å². The minimum atomic E-state index is -0.338. The minimum absolute atomic E-state index is 0.143. The van der Waals surface area contributed by atoms with Gasteiger partial charge in [-0.25, -0.2) is 0 Å². The maximum absolute atomic E-state index is 12.7. The van der Waals surface area contributed by atoms with E-state index in [4.69, 9.17) is 4.52 Å². The molecule has 0 spiro atoms. The Morgan fingerprint density at radius 1 is 1.11 bits per heavy atom. The molecule has 27 heavy (non-hydrogen) atoms. The van der Waals surface area contributed by atoms with E-state index in [0.717, 1.165) is 23.1 Å². The molecule has 5 nitrogen and oxygen atoms in total. The van der Waals surface area contributed by atoms with Crippen molar-refractivity contribution in [3.63, 3.8) is 0 Å². The van der Waals surface area contributed by atoms with Crippen molar-refractivity contribution in [1.82, 2.24) is 15.5 Å². The number of nitrogens with one attached hydrogen (secondary N) is 1. The first-order valence-electron chi connectivity index (χ1n) is 9.26. The van der Waals surface area contributed by atoms with Crippen LogP contribution in [0.25, 0.3) is 11.4 Å². The van der Waals surface area contributed by atoms with Gasteiger partial charge < -0.3 is 9.84 Å². The molecule has 0 saturated carbocycles. The summed E-state index contributed by atoms with van der Waals surface area (Å²) in [4.78, 5) is 17.2. The highest BCUT2D eigenvalue weighted by molar-refractivity contribution is 5.94. The summed E-state index contributed by atoms with van der Waals surface area (Å²) in [5.74, 6) is 0.980. The number of carbonyl (C=O) groups is 1. The number of benzene rings is 2. The van der Waals surface area contributed by atoms with Gasteiger partial charge in [-0.3, -0.25) is 4.79 Å². The summed E-state index contributed by atoms with van der Waals surface area (Å²) in [6, 6.07) is 15.1. The molecule has 3 aromatic rings. The number of carbonyl (C=O) groups excluding carboxylic acids is 1. The summed E-state index contributed by atoms with van der Waals surface area (Å²) < 4.78 is 5.52. The molecule has 1 heterocycles. The molecule has 0 aliphatic rings. The van der Waals surface area contributed by atoms with Gasteiger partial charge in [-0.15, -0.1) is 0 Å². The predicted molar refractivity (Wildman–Crippen MR) is 105 cm³/mol. The lowest BCUT2D eigenvalue weighted by Crippen LogP contribution is -2.32. The summed E-state index contributed by atoms with van der Waals surface area (Å²) in [5, 5.41) is 7.18. The van der Waals surface area contributed by atoms with E-state index in [2.05, 4.69) is 29.3 Å². The molecule has 0 fully saturated rings. The first-order chi connectivity index (χ1) is 13.0. The normalized spacial score (nSPS) is 13.2. The van der Waals surface area contributed by atoms with Crippen LogP contribution in [0.4, 0.5) is 0 Å². The lowest BCUT2D eigenvalue weighted by atomic mass is 9.98. The van der Waals surface area contributed by atoms with Crippen LogP contribution in [0.3, 0.4) is 0 Å². The number of hydrogen-bond donors (Lipinski definition) is 1. The molecule has 0 bridgehead atoms. The van der Waals surface area contributed by atoms with Crippen LogP contribution in [-0.2, 0) is 0 Å². The minimum Gasteiger partial charge on any atom is -0.340 e. The second-order valence-corrected chi connectivity index (χ2v) is 7.03. The second kappa shape index (κ2) is 8.16. The molecule has 1 amide bonds. The Bertz CT molecular complexity index is 915. The fourth-order valence-corrected chi connectivity index (χ4v) is 2.88. The third kappa shape index (κ3) is 4.42. The Kier molecular flexibility index (Phi) is 5.69. The van der Waals surface area contributed by atoms with Gasteiger partial charge in [-0.05, 0) is 38.0 Å². The zero-order chi connectivity index (χ0) is 19.4. The second-order valence-electron chi connectivity index (χ2n) is 7.03. The van der Waals surface area contributed by atoms with Crippen LogP contribution in [0, 0.1) is 19.8 Å². The quantitative estimate of drug-likeness (QED) is 0.678. The fraction of sp³-hybridized carbons (Fsp3) is 0.318. The number of amides is 1. The molecule has 5 heteroatoms. The molecule has 0 aliphatic heterocycles. The van der Waals surface area contributed by atoms with Crippen LogP contribution in [0.1, 0.15) is 53.7 Å². The van der Waals surface area contributed by atoms with E-state index in [1.54, 1.807) is 0 Å². The van der Waals surface area contributed by atoms with Crippen molar-refractivity contribution >= 4 is 5.91 Å². The van der Waals surface area contributed by atoms with Crippen LogP contribution in [0.15, 0.2) is 53.1 Å². The van der Waals surface area contributed by atoms with Crippen molar-refractivity contribution in [3.8, 4) is 11.4 Å². The largest absolute Gasteiger partial charge is 0.340 e. The van der Waals surface area contributed by atoms with Gasteiger partial charge >= 0.3 is 0 Å². The van der Waals surface area contributed by atoms with Gasteiger partial charge in [0.1, 0.15) is 6.04 Å². The number of nitrogens with zero attached hydrogens (tertiary/aromatic N) is 2. The number of rotatable bonds is 6. The summed E-state index contributed by atoms with van der Waals surface area (Å²) in [6.07, 6.45) is 0.876. The van der Waals surface area contributed by atoms with E-state index in [1.807, 2.05) is 62.4 Å². The first kappa shape index (κ1) is 18.8. The zero-order valence-corrected chi connectivity index (χ0v) is 16.2. The van der Waals surface area contributed by atoms with Crippen molar-refractivity contribution in [2.75, 3.05) is 0 Å². The highest BCUT2D eigenvalue weighted by Crippen LogP contribution is 2.26. The van der Waals surface area contributed by atoms with E-state index in [-0.39, 0.29) is 17.9 Å². The number of hydrogen-bond acceptors (Lipinski definition) is 4. The van der Waals surface area contributed by atoms with E-state index in [0.29, 0.717) is 17.3 Å². The van der Waals surface area contributed by atoms with E-state index in [9.17, 15) is 4.79 Å². The third-order valence-electron chi connectivity index (χ3n) is 4.80. The van der Waals surface area contributed by atoms with Gasteiger partial charge in [0.15, 0.2) is 0 Å². The fourth-order valence-electron chi connectivity index (χ4n) is 2.88. The Morgan fingerprint density at radius 2 is 1.85 bits per heavy atom. The summed E-state index contributed by atoms with van der Waals surface area (Å²) in [6.45, 7) is 8.16. The maximum atomic E-state index is 12.7. The number of aromatic nitrogens is 2. The van der Waals surface area contributed by atoms with E-state index < -0.39 is 0 Å². The Labute approximate surface area is 159 Å². The highest BCUT2D eigenvalue weighted by atomic mass is 16.5. The molecule has 0 aliphatic carbocycles. The zero-order valence-electron chi connectivity index (χ0n) is 16.2. The molecule has 140 valence electrons. The molecule has 2 atom stereocenters.